The predicted molar refractivity (Wildman–Crippen MR) is 109 cm³/mol. The molecular formula is C20H30N2O7Si. The zero-order chi connectivity index (χ0) is 22.4. The van der Waals surface area contributed by atoms with Crippen LogP contribution in [0.1, 0.15) is 27.7 Å². The van der Waals surface area contributed by atoms with Gasteiger partial charge in [0.05, 0.1) is 12.6 Å². The van der Waals surface area contributed by atoms with Crippen molar-refractivity contribution in [3.05, 3.63) is 24.1 Å². The molecule has 0 saturated carbocycles. The Balaban J connectivity index is 1.89. The van der Waals surface area contributed by atoms with Gasteiger partial charge in [-0.15, -0.1) is 0 Å². The monoisotopic (exact) mass is 438 g/mol. The van der Waals surface area contributed by atoms with E-state index in [1.807, 2.05) is 0 Å². The first-order chi connectivity index (χ1) is 13.9. The van der Waals surface area contributed by atoms with E-state index in [1.165, 1.54) is 22.8 Å². The number of hydrogen-bond acceptors (Lipinski definition) is 7. The van der Waals surface area contributed by atoms with Crippen molar-refractivity contribution in [2.24, 2.45) is 0 Å². The molecule has 2 fully saturated rings. The minimum atomic E-state index is -2.12. The molecule has 0 aromatic rings. The summed E-state index contributed by atoms with van der Waals surface area (Å²) >= 11 is 0. The van der Waals surface area contributed by atoms with Gasteiger partial charge in [-0.3, -0.25) is 14.5 Å². The normalized spacial score (nSPS) is 25.7. The number of β-lactam (4-membered cyclic amide) rings is 1. The number of amides is 2. The van der Waals surface area contributed by atoms with Crippen molar-refractivity contribution in [3.8, 4) is 0 Å². The Morgan fingerprint density at radius 3 is 2.57 bits per heavy atom. The van der Waals surface area contributed by atoms with Crippen LogP contribution in [0.5, 0.6) is 0 Å². The fourth-order valence-electron chi connectivity index (χ4n) is 3.53. The lowest BCUT2D eigenvalue weighted by atomic mass is 9.89. The van der Waals surface area contributed by atoms with Crippen LogP contribution >= 0.6 is 0 Å². The maximum Gasteiger partial charge on any atom is 0.515 e. The van der Waals surface area contributed by atoms with E-state index < -0.39 is 32.7 Å². The van der Waals surface area contributed by atoms with E-state index in [2.05, 4.69) is 40.4 Å². The number of nitrogens with zero attached hydrogens (tertiary/aromatic N) is 2. The largest absolute Gasteiger partial charge is 0.515 e. The van der Waals surface area contributed by atoms with Crippen LogP contribution in [-0.4, -0.2) is 74.2 Å². The van der Waals surface area contributed by atoms with Crippen molar-refractivity contribution in [3.63, 3.8) is 0 Å². The molecular weight excluding hydrogens is 408 g/mol. The maximum absolute atomic E-state index is 12.8. The van der Waals surface area contributed by atoms with E-state index in [0.29, 0.717) is 5.57 Å². The number of ether oxygens (including phenoxy) is 3. The van der Waals surface area contributed by atoms with Crippen molar-refractivity contribution < 1.29 is 33.0 Å². The molecule has 3 aliphatic heterocycles. The SMILES string of the molecule is C=CCOC(=O)OC1=C(CO[Si](C)(C)C(C)(C)C)C2OCN(C(C)=O)[C@@H]3C(=O)N1[C@H]23. The molecule has 10 heteroatoms. The molecule has 3 rings (SSSR count). The molecule has 0 N–H and O–H groups in total. The Labute approximate surface area is 177 Å². The molecule has 0 radical (unpaired) electrons. The summed E-state index contributed by atoms with van der Waals surface area (Å²) in [6.07, 6.45) is -0.0205. The topological polar surface area (TPSA) is 94.6 Å². The first-order valence-electron chi connectivity index (χ1n) is 9.95. The van der Waals surface area contributed by atoms with E-state index in [-0.39, 0.29) is 42.7 Å². The summed E-state index contributed by atoms with van der Waals surface area (Å²) in [5, 5.41) is -0.0213. The summed E-state index contributed by atoms with van der Waals surface area (Å²) in [5.41, 5.74) is 0.583. The molecule has 3 atom stereocenters. The van der Waals surface area contributed by atoms with Crippen LogP contribution in [0.15, 0.2) is 24.1 Å². The number of carbonyl (C=O) groups is 3. The van der Waals surface area contributed by atoms with Crippen LogP contribution in [0.2, 0.25) is 18.1 Å². The first-order valence-corrected chi connectivity index (χ1v) is 12.9. The Hall–Kier alpha value is -2.17. The molecule has 166 valence electrons. The molecule has 0 aromatic heterocycles. The van der Waals surface area contributed by atoms with Crippen molar-refractivity contribution in [1.82, 2.24) is 9.80 Å². The van der Waals surface area contributed by atoms with E-state index in [0.717, 1.165) is 0 Å². The van der Waals surface area contributed by atoms with Gasteiger partial charge in [-0.1, -0.05) is 33.4 Å². The van der Waals surface area contributed by atoms with Crippen molar-refractivity contribution >= 4 is 26.3 Å². The van der Waals surface area contributed by atoms with Crippen molar-refractivity contribution in [1.29, 1.82) is 0 Å². The highest BCUT2D eigenvalue weighted by atomic mass is 28.4. The van der Waals surface area contributed by atoms with Gasteiger partial charge >= 0.3 is 6.16 Å². The van der Waals surface area contributed by atoms with Gasteiger partial charge in [0.1, 0.15) is 25.5 Å². The van der Waals surface area contributed by atoms with Gasteiger partial charge in [-0.05, 0) is 18.1 Å². The third kappa shape index (κ3) is 3.67. The molecule has 0 spiro atoms. The molecule has 30 heavy (non-hydrogen) atoms. The summed E-state index contributed by atoms with van der Waals surface area (Å²) in [6.45, 7) is 15.6. The molecule has 3 heterocycles. The average Bonchev–Trinajstić information content (AvgIpc) is 2.93. The second-order valence-corrected chi connectivity index (χ2v) is 14.0. The highest BCUT2D eigenvalue weighted by molar-refractivity contribution is 6.74. The van der Waals surface area contributed by atoms with Gasteiger partial charge < -0.3 is 23.5 Å². The predicted octanol–water partition coefficient (Wildman–Crippen LogP) is 2.36. The van der Waals surface area contributed by atoms with Gasteiger partial charge in [-0.2, -0.15) is 0 Å². The summed E-state index contributed by atoms with van der Waals surface area (Å²) < 4.78 is 22.6. The van der Waals surface area contributed by atoms with E-state index >= 15 is 0 Å². The lowest BCUT2D eigenvalue weighted by Crippen LogP contribution is -2.75. The molecule has 3 aliphatic rings. The van der Waals surface area contributed by atoms with Crippen LogP contribution in [0.3, 0.4) is 0 Å². The van der Waals surface area contributed by atoms with Crippen LogP contribution in [-0.2, 0) is 28.2 Å². The molecule has 1 unspecified atom stereocenters. The highest BCUT2D eigenvalue weighted by Gasteiger charge is 2.65. The van der Waals surface area contributed by atoms with Crippen LogP contribution in [0.25, 0.3) is 0 Å². The fraction of sp³-hybridized carbons (Fsp3) is 0.650. The quantitative estimate of drug-likeness (QED) is 0.272. The van der Waals surface area contributed by atoms with Gasteiger partial charge in [0, 0.05) is 12.5 Å². The second kappa shape index (κ2) is 7.82. The summed E-state index contributed by atoms with van der Waals surface area (Å²) in [4.78, 5) is 39.6. The minimum absolute atomic E-state index is 0.00146. The first kappa shape index (κ1) is 22.5. The minimum Gasteiger partial charge on any atom is -0.430 e. The van der Waals surface area contributed by atoms with Crippen LogP contribution in [0.4, 0.5) is 4.79 Å². The van der Waals surface area contributed by atoms with Crippen molar-refractivity contribution in [2.75, 3.05) is 19.9 Å². The number of carbonyl (C=O) groups excluding carboxylic acids is 3. The van der Waals surface area contributed by atoms with Crippen LogP contribution in [0, 0.1) is 0 Å². The van der Waals surface area contributed by atoms with Crippen LogP contribution < -0.4 is 0 Å². The zero-order valence-electron chi connectivity index (χ0n) is 18.4. The third-order valence-corrected chi connectivity index (χ3v) is 10.8. The summed E-state index contributed by atoms with van der Waals surface area (Å²) in [5.74, 6) is -0.466. The number of rotatable bonds is 6. The second-order valence-electron chi connectivity index (χ2n) is 9.18. The Morgan fingerprint density at radius 2 is 2.00 bits per heavy atom. The highest BCUT2D eigenvalue weighted by Crippen LogP contribution is 2.46. The third-order valence-electron chi connectivity index (χ3n) is 6.29. The van der Waals surface area contributed by atoms with Crippen molar-refractivity contribution in [2.45, 2.75) is 64.0 Å². The van der Waals surface area contributed by atoms with E-state index in [9.17, 15) is 14.4 Å². The van der Waals surface area contributed by atoms with E-state index in [1.54, 1.807) is 0 Å². The van der Waals surface area contributed by atoms with Gasteiger partial charge in [0.25, 0.3) is 5.91 Å². The zero-order valence-corrected chi connectivity index (χ0v) is 19.4. The smallest absolute Gasteiger partial charge is 0.430 e. The Morgan fingerprint density at radius 1 is 1.33 bits per heavy atom. The summed E-state index contributed by atoms with van der Waals surface area (Å²) in [6, 6.07) is -1.07. The molecule has 2 amide bonds. The molecule has 2 saturated heterocycles. The lowest BCUT2D eigenvalue weighted by Gasteiger charge is -2.52. The lowest BCUT2D eigenvalue weighted by molar-refractivity contribution is -0.194. The standard InChI is InChI=1S/C20H30N2O7Si/c1-8-9-26-19(25)29-18-13(10-28-30(6,7)20(3,4)5)16-14-15(17(24)22(14)18)21(11-27-16)12(2)23/h8,14-16H,1,9-11H2,2-7H3/t14-,15-,16?/m0/s1. The van der Waals surface area contributed by atoms with Gasteiger partial charge in [0.15, 0.2) is 8.32 Å². The number of hydrogen-bond donors (Lipinski definition) is 0. The Bertz CT molecular complexity index is 801. The molecule has 0 aliphatic carbocycles. The van der Waals surface area contributed by atoms with Gasteiger partial charge in [0.2, 0.25) is 11.8 Å². The molecule has 0 aromatic carbocycles. The average molecular weight is 439 g/mol. The molecule has 9 nitrogen and oxygen atoms in total. The van der Waals surface area contributed by atoms with Gasteiger partial charge in [-0.25, -0.2) is 4.79 Å². The molecule has 0 bridgehead atoms. The summed E-state index contributed by atoms with van der Waals surface area (Å²) in [7, 11) is -2.12. The Kier molecular flexibility index (Phi) is 5.87. The maximum atomic E-state index is 12.8. The van der Waals surface area contributed by atoms with E-state index in [4.69, 9.17) is 18.6 Å². The fourth-order valence-corrected chi connectivity index (χ4v) is 4.48.